The number of hydrogen-bond acceptors (Lipinski definition) is 6. The lowest BCUT2D eigenvalue weighted by Crippen LogP contribution is -2.40. The van der Waals surface area contributed by atoms with Crippen LogP contribution in [0.5, 0.6) is 5.75 Å². The lowest BCUT2D eigenvalue weighted by atomic mass is 9.95. The predicted octanol–water partition coefficient (Wildman–Crippen LogP) is 2.23. The van der Waals surface area contributed by atoms with Gasteiger partial charge in [-0.1, -0.05) is 12.1 Å². The van der Waals surface area contributed by atoms with Crippen LogP contribution in [-0.2, 0) is 24.8 Å². The molecule has 2 heterocycles. The van der Waals surface area contributed by atoms with E-state index < -0.39 is 29.1 Å². The minimum Gasteiger partial charge on any atom is -0.503 e. The Kier molecular flexibility index (Phi) is 5.51. The molecule has 1 aromatic heterocycles. The maximum atomic E-state index is 13.1. The van der Waals surface area contributed by atoms with Crippen molar-refractivity contribution < 1.29 is 24.1 Å². The van der Waals surface area contributed by atoms with Crippen molar-refractivity contribution >= 4 is 5.97 Å². The van der Waals surface area contributed by atoms with E-state index >= 15 is 0 Å². The molecule has 29 heavy (non-hydrogen) atoms. The number of aliphatic hydroxyl groups excluding tert-OH is 1. The second-order valence-corrected chi connectivity index (χ2v) is 8.18. The number of carbonyl (C=O) groups excluding carboxylic acids is 1. The molecule has 2 aromatic rings. The summed E-state index contributed by atoms with van der Waals surface area (Å²) in [7, 11) is 1.39. The molecule has 0 aliphatic carbocycles. The minimum atomic E-state index is -1.29. The number of nitrogens with zero attached hydrogens (tertiary/aromatic N) is 2. The minimum absolute atomic E-state index is 0.0160. The zero-order valence-electron chi connectivity index (χ0n) is 16.9. The summed E-state index contributed by atoms with van der Waals surface area (Å²) in [5.74, 6) is -1.64. The van der Waals surface area contributed by atoms with Crippen molar-refractivity contribution in [1.29, 1.82) is 0 Å². The van der Waals surface area contributed by atoms with E-state index in [1.165, 1.54) is 19.2 Å². The van der Waals surface area contributed by atoms with Gasteiger partial charge in [0.05, 0.1) is 0 Å². The van der Waals surface area contributed by atoms with Crippen LogP contribution in [0.1, 0.15) is 54.2 Å². The average Bonchev–Trinajstić information content (AvgIpc) is 2.62. The number of benzene rings is 1. The third-order valence-electron chi connectivity index (χ3n) is 4.85. The molecular formula is C21H25FN2O5. The number of pyridine rings is 1. The van der Waals surface area contributed by atoms with Crippen molar-refractivity contribution in [2.45, 2.75) is 45.6 Å². The summed E-state index contributed by atoms with van der Waals surface area (Å²) in [5, 5.41) is 21.3. The molecule has 0 bridgehead atoms. The number of esters is 1. The van der Waals surface area contributed by atoms with Gasteiger partial charge in [-0.2, -0.15) is 0 Å². The number of aromatic hydroxyl groups is 1. The quantitative estimate of drug-likeness (QED) is 0.763. The van der Waals surface area contributed by atoms with Gasteiger partial charge in [-0.25, -0.2) is 9.18 Å². The lowest BCUT2D eigenvalue weighted by Gasteiger charge is -2.35. The van der Waals surface area contributed by atoms with Crippen molar-refractivity contribution in [2.24, 2.45) is 7.05 Å². The lowest BCUT2D eigenvalue weighted by molar-refractivity contribution is -0.0153. The number of aliphatic hydroxyl groups is 1. The number of fused-ring (bicyclic) bond motifs is 1. The molecule has 0 saturated heterocycles. The Morgan fingerprint density at radius 3 is 2.48 bits per heavy atom. The van der Waals surface area contributed by atoms with E-state index in [4.69, 9.17) is 4.74 Å². The fraction of sp³-hybridized carbons (Fsp3) is 0.429. The molecule has 0 amide bonds. The van der Waals surface area contributed by atoms with Crippen LogP contribution in [0.25, 0.3) is 0 Å². The molecule has 0 radical (unpaired) electrons. The first-order chi connectivity index (χ1) is 13.5. The normalized spacial score (nSPS) is 17.1. The summed E-state index contributed by atoms with van der Waals surface area (Å²) in [6, 6.07) is 5.86. The Balaban J connectivity index is 2.02. The van der Waals surface area contributed by atoms with Crippen molar-refractivity contribution in [3.05, 3.63) is 62.8 Å². The maximum Gasteiger partial charge on any atom is 0.355 e. The van der Waals surface area contributed by atoms with E-state index in [0.29, 0.717) is 18.5 Å². The van der Waals surface area contributed by atoms with Crippen molar-refractivity contribution in [1.82, 2.24) is 9.47 Å². The molecule has 2 N–H and O–H groups in total. The standard InChI is InChI=1S/C21H25FN2O5/c1-21(2,3)29-20(28)16-14-9-10-24(11-12-5-7-13(22)8-6-12)18(26)15(14)17(25)19(27)23(16)4/h5-8,18,25-26H,9-11H2,1-4H3. The summed E-state index contributed by atoms with van der Waals surface area (Å²) >= 11 is 0. The molecular weight excluding hydrogens is 379 g/mol. The molecule has 1 aliphatic rings. The molecule has 156 valence electrons. The second kappa shape index (κ2) is 7.61. The third-order valence-corrected chi connectivity index (χ3v) is 4.85. The average molecular weight is 404 g/mol. The van der Waals surface area contributed by atoms with Crippen LogP contribution in [-0.4, -0.2) is 37.8 Å². The summed E-state index contributed by atoms with van der Waals surface area (Å²) in [6.45, 7) is 5.82. The highest BCUT2D eigenvalue weighted by Gasteiger charge is 2.35. The predicted molar refractivity (Wildman–Crippen MR) is 104 cm³/mol. The first-order valence-corrected chi connectivity index (χ1v) is 9.34. The van der Waals surface area contributed by atoms with E-state index in [0.717, 1.165) is 10.1 Å². The van der Waals surface area contributed by atoms with Gasteiger partial charge in [-0.3, -0.25) is 9.69 Å². The van der Waals surface area contributed by atoms with E-state index in [2.05, 4.69) is 0 Å². The summed E-state index contributed by atoms with van der Waals surface area (Å²) in [6.07, 6.45) is -0.969. The number of aromatic nitrogens is 1. The van der Waals surface area contributed by atoms with E-state index in [1.807, 2.05) is 0 Å². The van der Waals surface area contributed by atoms with Gasteiger partial charge in [0.2, 0.25) is 0 Å². The number of hydrogen-bond donors (Lipinski definition) is 2. The molecule has 0 spiro atoms. The van der Waals surface area contributed by atoms with Crippen LogP contribution < -0.4 is 5.56 Å². The molecule has 1 atom stereocenters. The van der Waals surface area contributed by atoms with Crippen molar-refractivity contribution in [3.63, 3.8) is 0 Å². The number of rotatable bonds is 3. The SMILES string of the molecule is Cn1c(C(=O)OC(C)(C)C)c2c(c(O)c1=O)C(O)N(Cc1ccc(F)cc1)CC2. The highest BCUT2D eigenvalue weighted by atomic mass is 19.1. The van der Waals surface area contributed by atoms with Crippen LogP contribution in [0, 0.1) is 5.82 Å². The second-order valence-electron chi connectivity index (χ2n) is 8.18. The number of ether oxygens (including phenoxy) is 1. The molecule has 1 aromatic carbocycles. The Morgan fingerprint density at radius 2 is 1.90 bits per heavy atom. The maximum absolute atomic E-state index is 13.1. The third kappa shape index (κ3) is 4.18. The topological polar surface area (TPSA) is 92.0 Å². The summed E-state index contributed by atoms with van der Waals surface area (Å²) in [5.41, 5.74) is -0.348. The Labute approximate surface area is 168 Å². The summed E-state index contributed by atoms with van der Waals surface area (Å²) < 4.78 is 19.6. The Bertz CT molecular complexity index is 992. The first kappa shape index (κ1) is 21.0. The van der Waals surface area contributed by atoms with Crippen molar-refractivity contribution in [3.8, 4) is 5.75 Å². The van der Waals surface area contributed by atoms with Crippen LogP contribution in [0.2, 0.25) is 0 Å². The van der Waals surface area contributed by atoms with Gasteiger partial charge in [0.25, 0.3) is 5.56 Å². The number of carbonyl (C=O) groups is 1. The highest BCUT2D eigenvalue weighted by molar-refractivity contribution is 5.90. The highest BCUT2D eigenvalue weighted by Crippen LogP contribution is 2.35. The van der Waals surface area contributed by atoms with Crippen LogP contribution in [0.4, 0.5) is 4.39 Å². The monoisotopic (exact) mass is 404 g/mol. The molecule has 3 rings (SSSR count). The summed E-state index contributed by atoms with van der Waals surface area (Å²) in [4.78, 5) is 26.9. The molecule has 0 saturated carbocycles. The van der Waals surface area contributed by atoms with E-state index in [1.54, 1.807) is 37.8 Å². The molecule has 1 aliphatic heterocycles. The van der Waals surface area contributed by atoms with Gasteiger partial charge in [0.15, 0.2) is 5.75 Å². The molecule has 7 nitrogen and oxygen atoms in total. The Hall–Kier alpha value is -2.71. The van der Waals surface area contributed by atoms with Gasteiger partial charge in [0.1, 0.15) is 23.3 Å². The number of halogens is 1. The van der Waals surface area contributed by atoms with Crippen LogP contribution in [0.3, 0.4) is 0 Å². The van der Waals surface area contributed by atoms with Crippen LogP contribution >= 0.6 is 0 Å². The van der Waals surface area contributed by atoms with Crippen LogP contribution in [0.15, 0.2) is 29.1 Å². The van der Waals surface area contributed by atoms with Gasteiger partial charge < -0.3 is 19.5 Å². The van der Waals surface area contributed by atoms with Crippen molar-refractivity contribution in [2.75, 3.05) is 6.54 Å². The van der Waals surface area contributed by atoms with Gasteiger partial charge in [-0.05, 0) is 50.5 Å². The van der Waals surface area contributed by atoms with E-state index in [9.17, 15) is 24.2 Å². The van der Waals surface area contributed by atoms with E-state index in [-0.39, 0.29) is 23.6 Å². The van der Waals surface area contributed by atoms with Gasteiger partial charge in [-0.15, -0.1) is 0 Å². The molecule has 0 fully saturated rings. The zero-order valence-corrected chi connectivity index (χ0v) is 16.9. The smallest absolute Gasteiger partial charge is 0.355 e. The molecule has 1 unspecified atom stereocenters. The van der Waals surface area contributed by atoms with Gasteiger partial charge in [0, 0.05) is 25.7 Å². The largest absolute Gasteiger partial charge is 0.503 e. The fourth-order valence-electron chi connectivity index (χ4n) is 3.52. The Morgan fingerprint density at radius 1 is 1.28 bits per heavy atom. The molecule has 8 heteroatoms. The zero-order chi connectivity index (χ0) is 21.5. The first-order valence-electron chi connectivity index (χ1n) is 9.34. The fourth-order valence-corrected chi connectivity index (χ4v) is 3.52. The van der Waals surface area contributed by atoms with Gasteiger partial charge >= 0.3 is 5.97 Å².